The number of halogens is 1. The van der Waals surface area contributed by atoms with E-state index in [-0.39, 0.29) is 22.9 Å². The zero-order valence-corrected chi connectivity index (χ0v) is 13.4. The first-order valence-corrected chi connectivity index (χ1v) is 8.11. The second-order valence-electron chi connectivity index (χ2n) is 6.44. The van der Waals surface area contributed by atoms with E-state index in [4.69, 9.17) is 0 Å². The van der Waals surface area contributed by atoms with Gasteiger partial charge >= 0.3 is 0 Å². The molecule has 1 aliphatic carbocycles. The van der Waals surface area contributed by atoms with E-state index in [2.05, 4.69) is 17.2 Å². The molecule has 2 aromatic rings. The minimum Gasteiger partial charge on any atom is -0.381 e. The zero-order chi connectivity index (χ0) is 16.6. The van der Waals surface area contributed by atoms with Crippen molar-refractivity contribution in [2.24, 2.45) is 5.92 Å². The first-order valence-electron chi connectivity index (χ1n) is 8.11. The van der Waals surface area contributed by atoms with Crippen LogP contribution in [0.15, 0.2) is 23.0 Å². The molecule has 23 heavy (non-hydrogen) atoms. The van der Waals surface area contributed by atoms with Gasteiger partial charge in [0.15, 0.2) is 5.78 Å². The Morgan fingerprint density at radius 1 is 1.30 bits per heavy atom. The number of benzene rings is 1. The SMILES string of the molecule is CC(=O)c1c(NC2CCCCC2C)c2cccc(F)c2[nH]c1=O. The maximum absolute atomic E-state index is 14.1. The number of aromatic amines is 1. The standard InChI is InChI=1S/C18H21FN2O2/c1-10-6-3-4-9-14(10)20-17-12-7-5-8-13(19)16(12)21-18(23)15(17)11(2)22/h5,7-8,10,14H,3-4,6,9H2,1-2H3,(H2,20,21,23). The lowest BCUT2D eigenvalue weighted by Gasteiger charge is -2.31. The number of anilines is 1. The van der Waals surface area contributed by atoms with E-state index in [9.17, 15) is 14.0 Å². The Labute approximate surface area is 134 Å². The lowest BCUT2D eigenvalue weighted by molar-refractivity contribution is 0.101. The van der Waals surface area contributed by atoms with Crippen molar-refractivity contribution < 1.29 is 9.18 Å². The molecule has 0 aliphatic heterocycles. The lowest BCUT2D eigenvalue weighted by Crippen LogP contribution is -2.32. The van der Waals surface area contributed by atoms with Crippen LogP contribution in [0.4, 0.5) is 10.1 Å². The van der Waals surface area contributed by atoms with Crippen molar-refractivity contribution >= 4 is 22.4 Å². The van der Waals surface area contributed by atoms with Gasteiger partial charge in [-0.25, -0.2) is 4.39 Å². The van der Waals surface area contributed by atoms with Gasteiger partial charge < -0.3 is 10.3 Å². The summed E-state index contributed by atoms with van der Waals surface area (Å²) in [6.45, 7) is 3.53. The fourth-order valence-electron chi connectivity index (χ4n) is 3.49. The van der Waals surface area contributed by atoms with Crippen LogP contribution in [0.5, 0.6) is 0 Å². The first kappa shape index (κ1) is 15.7. The molecule has 1 fully saturated rings. The highest BCUT2D eigenvalue weighted by Gasteiger charge is 2.25. The average molecular weight is 316 g/mol. The fraction of sp³-hybridized carbons (Fsp3) is 0.444. The summed E-state index contributed by atoms with van der Waals surface area (Å²) in [6.07, 6.45) is 4.42. The summed E-state index contributed by atoms with van der Waals surface area (Å²) in [5.41, 5.74) is 0.157. The minimum atomic E-state index is -0.541. The summed E-state index contributed by atoms with van der Waals surface area (Å²) >= 11 is 0. The molecule has 5 heteroatoms. The molecule has 0 amide bonds. The van der Waals surface area contributed by atoms with Crippen molar-refractivity contribution in [1.82, 2.24) is 4.98 Å². The molecule has 1 aromatic heterocycles. The van der Waals surface area contributed by atoms with Gasteiger partial charge in [0.1, 0.15) is 11.4 Å². The summed E-state index contributed by atoms with van der Waals surface area (Å²) in [6, 6.07) is 4.82. The summed E-state index contributed by atoms with van der Waals surface area (Å²) in [4.78, 5) is 26.8. The van der Waals surface area contributed by atoms with Gasteiger partial charge in [-0.15, -0.1) is 0 Å². The predicted molar refractivity (Wildman–Crippen MR) is 89.6 cm³/mol. The monoisotopic (exact) mass is 316 g/mol. The number of nitrogens with one attached hydrogen (secondary N) is 2. The van der Waals surface area contributed by atoms with Crippen LogP contribution in [0.2, 0.25) is 0 Å². The number of H-pyrrole nitrogens is 1. The molecule has 2 N–H and O–H groups in total. The van der Waals surface area contributed by atoms with Crippen LogP contribution >= 0.6 is 0 Å². The van der Waals surface area contributed by atoms with Gasteiger partial charge in [0.25, 0.3) is 5.56 Å². The van der Waals surface area contributed by atoms with E-state index in [0.717, 1.165) is 19.3 Å². The molecular formula is C18H21FN2O2. The van der Waals surface area contributed by atoms with Crippen molar-refractivity contribution in [2.75, 3.05) is 5.32 Å². The second kappa shape index (κ2) is 6.14. The highest BCUT2D eigenvalue weighted by molar-refractivity contribution is 6.07. The fourth-order valence-corrected chi connectivity index (χ4v) is 3.49. The van der Waals surface area contributed by atoms with E-state index in [1.165, 1.54) is 19.4 Å². The van der Waals surface area contributed by atoms with E-state index >= 15 is 0 Å². The minimum absolute atomic E-state index is 0.0841. The van der Waals surface area contributed by atoms with E-state index in [1.54, 1.807) is 12.1 Å². The number of fused-ring (bicyclic) bond motifs is 1. The van der Waals surface area contributed by atoms with Crippen LogP contribution in [0, 0.1) is 11.7 Å². The Morgan fingerprint density at radius 2 is 2.04 bits per heavy atom. The molecule has 0 spiro atoms. The van der Waals surface area contributed by atoms with Crippen LogP contribution in [0.25, 0.3) is 10.9 Å². The number of hydrogen-bond donors (Lipinski definition) is 2. The molecule has 1 heterocycles. The van der Waals surface area contributed by atoms with Crippen molar-refractivity contribution in [3.05, 3.63) is 39.9 Å². The van der Waals surface area contributed by atoms with Crippen LogP contribution in [0.1, 0.15) is 49.9 Å². The van der Waals surface area contributed by atoms with Crippen LogP contribution in [-0.2, 0) is 0 Å². The molecule has 122 valence electrons. The van der Waals surface area contributed by atoms with Crippen LogP contribution in [-0.4, -0.2) is 16.8 Å². The summed E-state index contributed by atoms with van der Waals surface area (Å²) < 4.78 is 14.1. The molecule has 0 bridgehead atoms. The number of carbonyl (C=O) groups excluding carboxylic acids is 1. The smallest absolute Gasteiger partial charge is 0.261 e. The number of pyridine rings is 1. The Hall–Kier alpha value is -2.17. The van der Waals surface area contributed by atoms with Gasteiger partial charge in [0.05, 0.1) is 11.2 Å². The molecular weight excluding hydrogens is 295 g/mol. The molecule has 1 aliphatic rings. The zero-order valence-electron chi connectivity index (χ0n) is 13.4. The quantitative estimate of drug-likeness (QED) is 0.845. The third-order valence-electron chi connectivity index (χ3n) is 4.79. The third kappa shape index (κ3) is 2.87. The maximum atomic E-state index is 14.1. The van der Waals surface area contributed by atoms with Gasteiger partial charge in [-0.05, 0) is 31.7 Å². The van der Waals surface area contributed by atoms with Gasteiger partial charge in [-0.3, -0.25) is 9.59 Å². The Bertz CT molecular complexity index is 813. The molecule has 3 rings (SSSR count). The van der Waals surface area contributed by atoms with Gasteiger partial charge in [-0.1, -0.05) is 31.9 Å². The Kier molecular flexibility index (Phi) is 4.20. The predicted octanol–water partition coefficient (Wildman–Crippen LogP) is 3.86. The number of rotatable bonds is 3. The molecule has 2 atom stereocenters. The van der Waals surface area contributed by atoms with Crippen LogP contribution in [0.3, 0.4) is 0 Å². The average Bonchev–Trinajstić information content (AvgIpc) is 2.50. The Morgan fingerprint density at radius 3 is 2.74 bits per heavy atom. The largest absolute Gasteiger partial charge is 0.381 e. The van der Waals surface area contributed by atoms with Gasteiger partial charge in [-0.2, -0.15) is 0 Å². The summed E-state index contributed by atoms with van der Waals surface area (Å²) in [5.74, 6) is -0.357. The van der Waals surface area contributed by atoms with Crippen molar-refractivity contribution in [3.8, 4) is 0 Å². The Balaban J connectivity index is 2.19. The van der Waals surface area contributed by atoms with E-state index in [0.29, 0.717) is 17.0 Å². The van der Waals surface area contributed by atoms with Crippen LogP contribution < -0.4 is 10.9 Å². The van der Waals surface area contributed by atoms with Gasteiger partial charge in [0.2, 0.25) is 0 Å². The summed E-state index contributed by atoms with van der Waals surface area (Å²) in [5, 5.41) is 3.93. The van der Waals surface area contributed by atoms with Crippen molar-refractivity contribution in [1.29, 1.82) is 0 Å². The molecule has 0 saturated heterocycles. The van der Waals surface area contributed by atoms with E-state index < -0.39 is 11.4 Å². The van der Waals surface area contributed by atoms with Crippen molar-refractivity contribution in [3.63, 3.8) is 0 Å². The number of para-hydroxylation sites is 1. The highest BCUT2D eigenvalue weighted by Crippen LogP contribution is 2.31. The molecule has 4 nitrogen and oxygen atoms in total. The lowest BCUT2D eigenvalue weighted by atomic mass is 9.85. The summed E-state index contributed by atoms with van der Waals surface area (Å²) in [7, 11) is 0. The topological polar surface area (TPSA) is 62.0 Å². The third-order valence-corrected chi connectivity index (χ3v) is 4.79. The number of ketones is 1. The normalized spacial score (nSPS) is 21.3. The number of carbonyl (C=O) groups is 1. The van der Waals surface area contributed by atoms with E-state index in [1.807, 2.05) is 0 Å². The maximum Gasteiger partial charge on any atom is 0.261 e. The number of hydrogen-bond acceptors (Lipinski definition) is 3. The second-order valence-corrected chi connectivity index (χ2v) is 6.44. The molecule has 1 saturated carbocycles. The van der Waals surface area contributed by atoms with Crippen molar-refractivity contribution in [2.45, 2.75) is 45.6 Å². The molecule has 0 radical (unpaired) electrons. The molecule has 1 aromatic carbocycles. The first-order chi connectivity index (χ1) is 11.0. The highest BCUT2D eigenvalue weighted by atomic mass is 19.1. The molecule has 2 unspecified atom stereocenters. The number of aromatic nitrogens is 1. The number of Topliss-reactive ketones (excluding diaryl/α,β-unsaturated/α-hetero) is 1. The van der Waals surface area contributed by atoms with Gasteiger partial charge in [0, 0.05) is 11.4 Å².